The van der Waals surface area contributed by atoms with Crippen LogP contribution in [0.25, 0.3) is 0 Å². The van der Waals surface area contributed by atoms with Crippen LogP contribution in [0.5, 0.6) is 5.75 Å². The van der Waals surface area contributed by atoms with Gasteiger partial charge in [0.2, 0.25) is 5.91 Å². The molecule has 0 aliphatic rings. The number of ether oxygens (including phenoxy) is 1. The zero-order valence-corrected chi connectivity index (χ0v) is 14.7. The van der Waals surface area contributed by atoms with Crippen LogP contribution in [0.15, 0.2) is 36.4 Å². The Morgan fingerprint density at radius 3 is 2.46 bits per heavy atom. The molecule has 5 nitrogen and oxygen atoms in total. The van der Waals surface area contributed by atoms with Crippen molar-refractivity contribution in [3.8, 4) is 5.75 Å². The summed E-state index contributed by atoms with van der Waals surface area (Å²) in [7, 11) is 0. The van der Waals surface area contributed by atoms with E-state index in [4.69, 9.17) is 4.74 Å². The van der Waals surface area contributed by atoms with Gasteiger partial charge in [0.15, 0.2) is 18.2 Å². The van der Waals surface area contributed by atoms with E-state index in [9.17, 15) is 18.4 Å². The van der Waals surface area contributed by atoms with Gasteiger partial charge in [0.1, 0.15) is 5.82 Å². The Morgan fingerprint density at radius 2 is 1.81 bits per heavy atom. The van der Waals surface area contributed by atoms with Crippen molar-refractivity contribution in [1.29, 1.82) is 0 Å². The Hall–Kier alpha value is -2.96. The molecular formula is C19H20F2N2O3. The van der Waals surface area contributed by atoms with Crippen LogP contribution >= 0.6 is 0 Å². The van der Waals surface area contributed by atoms with E-state index >= 15 is 0 Å². The highest BCUT2D eigenvalue weighted by Gasteiger charge is 2.11. The highest BCUT2D eigenvalue weighted by molar-refractivity contribution is 5.95. The fraction of sp³-hybridized carbons (Fsp3) is 0.263. The minimum atomic E-state index is -0.882. The Morgan fingerprint density at radius 1 is 1.08 bits per heavy atom. The summed E-state index contributed by atoms with van der Waals surface area (Å²) >= 11 is 0. The first-order valence-corrected chi connectivity index (χ1v) is 8.05. The predicted octanol–water partition coefficient (Wildman–Crippen LogP) is 3.89. The lowest BCUT2D eigenvalue weighted by atomic mass is 10.1. The molecule has 0 aliphatic carbocycles. The van der Waals surface area contributed by atoms with Gasteiger partial charge in [0.05, 0.1) is 0 Å². The molecule has 0 atom stereocenters. The first-order valence-electron chi connectivity index (χ1n) is 8.05. The van der Waals surface area contributed by atoms with Crippen LogP contribution < -0.4 is 15.4 Å². The SMILES string of the molecule is Cc1ccc(NC(=O)C(C)C)cc1NC(=O)COc1ccc(F)cc1F. The van der Waals surface area contributed by atoms with Gasteiger partial charge < -0.3 is 15.4 Å². The third-order valence-corrected chi connectivity index (χ3v) is 3.56. The molecule has 0 spiro atoms. The maximum absolute atomic E-state index is 13.5. The molecule has 0 aliphatic heterocycles. The zero-order chi connectivity index (χ0) is 19.3. The standard InChI is InChI=1S/C19H20F2N2O3/c1-11(2)19(25)22-14-6-4-12(3)16(9-14)23-18(24)10-26-17-7-5-13(20)8-15(17)21/h4-9,11H,10H2,1-3H3,(H,22,25)(H,23,24). The van der Waals surface area contributed by atoms with E-state index in [2.05, 4.69) is 10.6 Å². The molecule has 7 heteroatoms. The number of amides is 2. The van der Waals surface area contributed by atoms with Crippen LogP contribution in [0.3, 0.4) is 0 Å². The van der Waals surface area contributed by atoms with Crippen molar-refractivity contribution in [2.24, 2.45) is 5.92 Å². The van der Waals surface area contributed by atoms with Crippen molar-refractivity contribution >= 4 is 23.2 Å². The zero-order valence-electron chi connectivity index (χ0n) is 14.7. The molecule has 2 aromatic carbocycles. The van der Waals surface area contributed by atoms with Crippen molar-refractivity contribution in [3.63, 3.8) is 0 Å². The molecule has 0 bridgehead atoms. The van der Waals surface area contributed by atoms with E-state index in [1.807, 2.05) is 0 Å². The first kappa shape index (κ1) is 19.4. The molecular weight excluding hydrogens is 342 g/mol. The molecule has 2 rings (SSSR count). The van der Waals surface area contributed by atoms with Crippen LogP contribution in [-0.4, -0.2) is 18.4 Å². The molecule has 0 aromatic heterocycles. The number of hydrogen-bond acceptors (Lipinski definition) is 3. The average molecular weight is 362 g/mol. The molecule has 2 N–H and O–H groups in total. The van der Waals surface area contributed by atoms with Crippen LogP contribution in [0.1, 0.15) is 19.4 Å². The molecule has 0 saturated heterocycles. The number of carbonyl (C=O) groups excluding carboxylic acids is 2. The first-order chi connectivity index (χ1) is 12.3. The van der Waals surface area contributed by atoms with E-state index in [0.717, 1.165) is 17.7 Å². The fourth-order valence-corrected chi connectivity index (χ4v) is 2.04. The van der Waals surface area contributed by atoms with Crippen molar-refractivity contribution in [1.82, 2.24) is 0 Å². The minimum absolute atomic E-state index is 0.138. The van der Waals surface area contributed by atoms with Crippen molar-refractivity contribution in [3.05, 3.63) is 53.6 Å². The third-order valence-electron chi connectivity index (χ3n) is 3.56. The quantitative estimate of drug-likeness (QED) is 0.819. The maximum Gasteiger partial charge on any atom is 0.262 e. The van der Waals surface area contributed by atoms with E-state index < -0.39 is 24.1 Å². The second-order valence-electron chi connectivity index (χ2n) is 6.09. The summed E-state index contributed by atoms with van der Waals surface area (Å²) in [4.78, 5) is 23.8. The van der Waals surface area contributed by atoms with E-state index in [0.29, 0.717) is 17.4 Å². The third kappa shape index (κ3) is 5.27. The van der Waals surface area contributed by atoms with Gasteiger partial charge in [-0.05, 0) is 36.8 Å². The molecule has 26 heavy (non-hydrogen) atoms. The summed E-state index contributed by atoms with van der Waals surface area (Å²) < 4.78 is 31.4. The summed E-state index contributed by atoms with van der Waals surface area (Å²) in [6.07, 6.45) is 0. The fourth-order valence-electron chi connectivity index (χ4n) is 2.04. The second kappa shape index (κ2) is 8.42. The largest absolute Gasteiger partial charge is 0.481 e. The molecule has 138 valence electrons. The maximum atomic E-state index is 13.5. The molecule has 2 amide bonds. The number of nitrogens with one attached hydrogen (secondary N) is 2. The van der Waals surface area contributed by atoms with Crippen LogP contribution in [0.2, 0.25) is 0 Å². The Balaban J connectivity index is 2.00. The second-order valence-corrected chi connectivity index (χ2v) is 6.09. The summed E-state index contributed by atoms with van der Waals surface area (Å²) in [5, 5.41) is 5.39. The van der Waals surface area contributed by atoms with Gasteiger partial charge in [-0.15, -0.1) is 0 Å². The molecule has 0 radical (unpaired) electrons. The number of anilines is 2. The van der Waals surface area contributed by atoms with Crippen molar-refractivity contribution in [2.75, 3.05) is 17.2 Å². The van der Waals surface area contributed by atoms with Crippen LogP contribution in [0, 0.1) is 24.5 Å². The van der Waals surface area contributed by atoms with E-state index in [1.165, 1.54) is 0 Å². The van der Waals surface area contributed by atoms with Gasteiger partial charge in [-0.1, -0.05) is 19.9 Å². The van der Waals surface area contributed by atoms with E-state index in [-0.39, 0.29) is 17.6 Å². The number of benzene rings is 2. The highest BCUT2D eigenvalue weighted by Crippen LogP contribution is 2.21. The lowest BCUT2D eigenvalue weighted by molar-refractivity contribution is -0.119. The molecule has 0 unspecified atom stereocenters. The summed E-state index contributed by atoms with van der Waals surface area (Å²) in [6.45, 7) is 4.91. The van der Waals surface area contributed by atoms with E-state index in [1.54, 1.807) is 39.0 Å². The smallest absolute Gasteiger partial charge is 0.262 e. The van der Waals surface area contributed by atoms with Gasteiger partial charge >= 0.3 is 0 Å². The average Bonchev–Trinajstić information content (AvgIpc) is 2.57. The number of aryl methyl sites for hydroxylation is 1. The van der Waals surface area contributed by atoms with Gasteiger partial charge in [-0.3, -0.25) is 9.59 Å². The van der Waals surface area contributed by atoms with Gasteiger partial charge in [0.25, 0.3) is 5.91 Å². The number of hydrogen-bond donors (Lipinski definition) is 2. The molecule has 0 fully saturated rings. The summed E-state index contributed by atoms with van der Waals surface area (Å²) in [6, 6.07) is 7.96. The summed E-state index contributed by atoms with van der Waals surface area (Å²) in [5.41, 5.74) is 1.84. The lowest BCUT2D eigenvalue weighted by Crippen LogP contribution is -2.21. The topological polar surface area (TPSA) is 67.4 Å². The lowest BCUT2D eigenvalue weighted by Gasteiger charge is -2.13. The van der Waals surface area contributed by atoms with Gasteiger partial charge in [0, 0.05) is 23.4 Å². The molecule has 2 aromatic rings. The predicted molar refractivity (Wildman–Crippen MR) is 95.1 cm³/mol. The summed E-state index contributed by atoms with van der Waals surface area (Å²) in [5.74, 6) is -2.64. The highest BCUT2D eigenvalue weighted by atomic mass is 19.1. The number of carbonyl (C=O) groups is 2. The van der Waals surface area contributed by atoms with Crippen LogP contribution in [-0.2, 0) is 9.59 Å². The molecule has 0 heterocycles. The van der Waals surface area contributed by atoms with Crippen molar-refractivity contribution < 1.29 is 23.1 Å². The Kier molecular flexibility index (Phi) is 6.27. The Labute approximate surface area is 150 Å². The Bertz CT molecular complexity index is 822. The van der Waals surface area contributed by atoms with Gasteiger partial charge in [-0.25, -0.2) is 8.78 Å². The van der Waals surface area contributed by atoms with Crippen molar-refractivity contribution in [2.45, 2.75) is 20.8 Å². The minimum Gasteiger partial charge on any atom is -0.481 e. The normalized spacial score (nSPS) is 10.5. The van der Waals surface area contributed by atoms with Gasteiger partial charge in [-0.2, -0.15) is 0 Å². The number of rotatable bonds is 6. The van der Waals surface area contributed by atoms with Crippen LogP contribution in [0.4, 0.5) is 20.2 Å². The number of halogens is 2. The molecule has 0 saturated carbocycles. The monoisotopic (exact) mass is 362 g/mol.